The molecule has 0 heterocycles. The predicted molar refractivity (Wildman–Crippen MR) is 61.9 cm³/mol. The smallest absolute Gasteiger partial charge is 0.422 e. The van der Waals surface area contributed by atoms with E-state index in [1.54, 1.807) is 17.2 Å². The van der Waals surface area contributed by atoms with Gasteiger partial charge in [0.05, 0.1) is 11.6 Å². The van der Waals surface area contributed by atoms with Gasteiger partial charge in [0.25, 0.3) is 10.0 Å². The number of amides is 1. The lowest BCUT2D eigenvalue weighted by molar-refractivity contribution is 0.150. The Bertz CT molecular complexity index is 549. The van der Waals surface area contributed by atoms with E-state index < -0.39 is 26.8 Å². The zero-order valence-corrected chi connectivity index (χ0v) is 10.8. The van der Waals surface area contributed by atoms with Gasteiger partial charge in [0.2, 0.25) is 0 Å². The number of nitrogens with one attached hydrogen (secondary N) is 2. The third-order valence-electron chi connectivity index (χ3n) is 1.77. The average Bonchev–Trinajstić information content (AvgIpc) is 2.30. The lowest BCUT2D eigenvalue weighted by atomic mass is 10.3. The maximum Gasteiger partial charge on any atom is 0.422 e. The summed E-state index contributed by atoms with van der Waals surface area (Å²) in [5.74, 6) is -1.10. The fourth-order valence-electron chi connectivity index (χ4n) is 1.02. The zero-order chi connectivity index (χ0) is 13.8. The van der Waals surface area contributed by atoms with Crippen LogP contribution in [0.2, 0.25) is 5.02 Å². The van der Waals surface area contributed by atoms with Crippen LogP contribution in [-0.4, -0.2) is 21.1 Å². The quantitative estimate of drug-likeness (QED) is 0.823. The fourth-order valence-corrected chi connectivity index (χ4v) is 2.18. The van der Waals surface area contributed by atoms with E-state index in [9.17, 15) is 17.6 Å². The molecule has 1 aromatic rings. The van der Waals surface area contributed by atoms with Gasteiger partial charge in [0.15, 0.2) is 5.82 Å². The van der Waals surface area contributed by atoms with Crippen molar-refractivity contribution in [3.05, 3.63) is 29.0 Å². The second-order valence-electron chi connectivity index (χ2n) is 3.00. The number of ether oxygens (including phenoxy) is 1. The molecular formula is C9H10ClFN2O4S. The lowest BCUT2D eigenvalue weighted by Gasteiger charge is -2.09. The highest BCUT2D eigenvalue weighted by molar-refractivity contribution is 7.89. The van der Waals surface area contributed by atoms with Crippen LogP contribution in [0.1, 0.15) is 6.92 Å². The Morgan fingerprint density at radius 2 is 2.17 bits per heavy atom. The molecule has 0 atom stereocenters. The number of halogens is 2. The van der Waals surface area contributed by atoms with Gasteiger partial charge < -0.3 is 4.74 Å². The van der Waals surface area contributed by atoms with Crippen molar-refractivity contribution in [1.29, 1.82) is 0 Å². The van der Waals surface area contributed by atoms with E-state index >= 15 is 0 Å². The minimum absolute atomic E-state index is 0.0685. The third-order valence-corrected chi connectivity index (χ3v) is 3.33. The molecule has 0 aliphatic heterocycles. The Morgan fingerprint density at radius 1 is 1.50 bits per heavy atom. The average molecular weight is 297 g/mol. The lowest BCUT2D eigenvalue weighted by Crippen LogP contribution is -2.42. The first-order chi connectivity index (χ1) is 8.38. The predicted octanol–water partition coefficient (Wildman–Crippen LogP) is 1.42. The van der Waals surface area contributed by atoms with Crippen molar-refractivity contribution in [2.45, 2.75) is 11.8 Å². The Hall–Kier alpha value is -1.38. The molecule has 0 aliphatic carbocycles. The summed E-state index contributed by atoms with van der Waals surface area (Å²) >= 11 is 5.45. The molecule has 0 spiro atoms. The van der Waals surface area contributed by atoms with Crippen LogP contribution in [0.5, 0.6) is 0 Å². The molecule has 0 unspecified atom stereocenters. The maximum atomic E-state index is 13.5. The molecule has 0 aromatic heterocycles. The highest BCUT2D eigenvalue weighted by atomic mass is 35.5. The third kappa shape index (κ3) is 3.56. The molecule has 1 amide bonds. The normalized spacial score (nSPS) is 11.1. The Morgan fingerprint density at radius 3 is 2.78 bits per heavy atom. The summed E-state index contributed by atoms with van der Waals surface area (Å²) in [5, 5.41) is -0.339. The number of sulfonamides is 1. The number of carbonyl (C=O) groups is 1. The maximum absolute atomic E-state index is 13.5. The van der Waals surface area contributed by atoms with E-state index in [0.717, 1.165) is 6.07 Å². The van der Waals surface area contributed by atoms with Crippen molar-refractivity contribution in [2.24, 2.45) is 0 Å². The summed E-state index contributed by atoms with van der Waals surface area (Å²) in [6, 6.07) is 3.48. The van der Waals surface area contributed by atoms with Crippen LogP contribution in [0.4, 0.5) is 9.18 Å². The summed E-state index contributed by atoms with van der Waals surface area (Å²) in [6.45, 7) is 1.61. The van der Waals surface area contributed by atoms with E-state index in [2.05, 4.69) is 4.74 Å². The van der Waals surface area contributed by atoms with E-state index in [0.29, 0.717) is 0 Å². The summed E-state index contributed by atoms with van der Waals surface area (Å²) in [6.07, 6.45) is -0.997. The largest absolute Gasteiger partial charge is 0.449 e. The van der Waals surface area contributed by atoms with Crippen molar-refractivity contribution in [3.63, 3.8) is 0 Å². The van der Waals surface area contributed by atoms with E-state index in [1.807, 2.05) is 0 Å². The molecule has 1 rings (SSSR count). The Labute approximate surface area is 108 Å². The van der Waals surface area contributed by atoms with Gasteiger partial charge in [-0.15, -0.1) is 4.83 Å². The summed E-state index contributed by atoms with van der Waals surface area (Å²) in [7, 11) is -4.25. The van der Waals surface area contributed by atoms with Gasteiger partial charge in [-0.05, 0) is 19.1 Å². The summed E-state index contributed by atoms with van der Waals surface area (Å²) in [4.78, 5) is 11.9. The number of hydrogen-bond donors (Lipinski definition) is 2. The van der Waals surface area contributed by atoms with Crippen molar-refractivity contribution in [1.82, 2.24) is 10.3 Å². The van der Waals surface area contributed by atoms with Crippen molar-refractivity contribution in [2.75, 3.05) is 6.61 Å². The van der Waals surface area contributed by atoms with E-state index in [4.69, 9.17) is 11.6 Å². The SMILES string of the molecule is CCOC(=O)NNS(=O)(=O)c1cccc(Cl)c1F. The fraction of sp³-hybridized carbons (Fsp3) is 0.222. The summed E-state index contributed by atoms with van der Waals surface area (Å²) in [5.41, 5.74) is 1.76. The van der Waals surface area contributed by atoms with Gasteiger partial charge in [-0.2, -0.15) is 0 Å². The first-order valence-electron chi connectivity index (χ1n) is 4.77. The van der Waals surface area contributed by atoms with Crippen LogP contribution < -0.4 is 10.3 Å². The van der Waals surface area contributed by atoms with Crippen molar-refractivity contribution >= 4 is 27.7 Å². The van der Waals surface area contributed by atoms with Gasteiger partial charge in [-0.25, -0.2) is 23.0 Å². The minimum atomic E-state index is -4.25. The molecule has 0 bridgehead atoms. The van der Waals surface area contributed by atoms with Crippen LogP contribution in [0.25, 0.3) is 0 Å². The van der Waals surface area contributed by atoms with Crippen LogP contribution in [0.3, 0.4) is 0 Å². The van der Waals surface area contributed by atoms with Gasteiger partial charge in [0.1, 0.15) is 4.90 Å². The van der Waals surface area contributed by atoms with Gasteiger partial charge >= 0.3 is 6.09 Å². The van der Waals surface area contributed by atoms with E-state index in [-0.39, 0.29) is 11.6 Å². The zero-order valence-electron chi connectivity index (χ0n) is 9.24. The highest BCUT2D eigenvalue weighted by Crippen LogP contribution is 2.21. The van der Waals surface area contributed by atoms with Crippen LogP contribution in [0, 0.1) is 5.82 Å². The molecule has 0 saturated carbocycles. The molecule has 6 nitrogen and oxygen atoms in total. The molecule has 9 heteroatoms. The first-order valence-corrected chi connectivity index (χ1v) is 6.63. The van der Waals surface area contributed by atoms with Crippen LogP contribution in [-0.2, 0) is 14.8 Å². The topological polar surface area (TPSA) is 84.5 Å². The molecule has 0 aliphatic rings. The number of hydrazine groups is 1. The molecular weight excluding hydrogens is 287 g/mol. The molecule has 1 aromatic carbocycles. The molecule has 0 fully saturated rings. The number of hydrogen-bond acceptors (Lipinski definition) is 4. The minimum Gasteiger partial charge on any atom is -0.449 e. The van der Waals surface area contributed by atoms with Gasteiger partial charge in [-0.3, -0.25) is 0 Å². The highest BCUT2D eigenvalue weighted by Gasteiger charge is 2.21. The Balaban J connectivity index is 2.87. The monoisotopic (exact) mass is 296 g/mol. The van der Waals surface area contributed by atoms with E-state index in [1.165, 1.54) is 12.1 Å². The van der Waals surface area contributed by atoms with Crippen molar-refractivity contribution < 1.29 is 22.3 Å². The molecule has 18 heavy (non-hydrogen) atoms. The molecule has 0 radical (unpaired) electrons. The number of carbonyl (C=O) groups excluding carboxylic acids is 1. The van der Waals surface area contributed by atoms with Gasteiger partial charge in [0, 0.05) is 0 Å². The Kier molecular flexibility index (Phi) is 4.88. The van der Waals surface area contributed by atoms with Crippen LogP contribution >= 0.6 is 11.6 Å². The first kappa shape index (κ1) is 14.7. The molecule has 2 N–H and O–H groups in total. The second-order valence-corrected chi connectivity index (χ2v) is 5.06. The standard InChI is InChI=1S/C9H10ClFN2O4S/c1-2-17-9(14)12-13-18(15,16)7-5-3-4-6(10)8(7)11/h3-5,13H,2H2,1H3,(H,12,14). The van der Waals surface area contributed by atoms with Crippen LogP contribution in [0.15, 0.2) is 23.1 Å². The van der Waals surface area contributed by atoms with Crippen molar-refractivity contribution in [3.8, 4) is 0 Å². The van der Waals surface area contributed by atoms with Gasteiger partial charge in [-0.1, -0.05) is 17.7 Å². The molecule has 100 valence electrons. The second kappa shape index (κ2) is 5.98. The summed E-state index contributed by atoms with van der Waals surface area (Å²) < 4.78 is 41.2. The molecule has 0 saturated heterocycles. The number of benzene rings is 1. The number of rotatable bonds is 4.